The minimum atomic E-state index is -4.44. The molecule has 0 amide bonds. The summed E-state index contributed by atoms with van der Waals surface area (Å²) >= 11 is 0. The van der Waals surface area contributed by atoms with Crippen LogP contribution in [0.15, 0.2) is 18.3 Å². The molecule has 1 fully saturated rings. The van der Waals surface area contributed by atoms with Crippen LogP contribution in [0, 0.1) is 0 Å². The highest BCUT2D eigenvalue weighted by atomic mass is 19.4. The van der Waals surface area contributed by atoms with Crippen LogP contribution in [0.4, 0.5) is 19.0 Å². The van der Waals surface area contributed by atoms with Crippen LogP contribution in [0.25, 0.3) is 0 Å². The minimum Gasteiger partial charge on any atom is -0.480 e. The molecule has 0 saturated carbocycles. The summed E-state index contributed by atoms with van der Waals surface area (Å²) in [5.74, 6) is -1.03. The smallest absolute Gasteiger partial charge is 0.419 e. The minimum absolute atomic E-state index is 0.0880. The van der Waals surface area contributed by atoms with E-state index in [-0.39, 0.29) is 12.4 Å². The molecule has 2 heterocycles. The van der Waals surface area contributed by atoms with E-state index >= 15 is 0 Å². The molecule has 1 saturated heterocycles. The number of pyridine rings is 1. The van der Waals surface area contributed by atoms with Gasteiger partial charge in [0.15, 0.2) is 0 Å². The highest BCUT2D eigenvalue weighted by Crippen LogP contribution is 2.35. The summed E-state index contributed by atoms with van der Waals surface area (Å²) in [5, 5.41) is 8.68. The van der Waals surface area contributed by atoms with Crippen molar-refractivity contribution in [1.29, 1.82) is 0 Å². The second-order valence-corrected chi connectivity index (χ2v) is 4.53. The number of carboxylic acids is 1. The van der Waals surface area contributed by atoms with Crippen LogP contribution in [0.3, 0.4) is 0 Å². The van der Waals surface area contributed by atoms with Gasteiger partial charge in [0.2, 0.25) is 0 Å². The topological polar surface area (TPSA) is 56.7 Å². The van der Waals surface area contributed by atoms with Crippen LogP contribution in [0.1, 0.15) is 5.56 Å². The number of anilines is 1. The Balaban J connectivity index is 2.09. The van der Waals surface area contributed by atoms with Gasteiger partial charge in [0, 0.05) is 32.4 Å². The van der Waals surface area contributed by atoms with E-state index in [0.717, 1.165) is 6.07 Å². The molecule has 2 rings (SSSR count). The van der Waals surface area contributed by atoms with Crippen LogP contribution in [0.2, 0.25) is 0 Å². The molecule has 0 unspecified atom stereocenters. The van der Waals surface area contributed by atoms with Gasteiger partial charge in [0.1, 0.15) is 5.82 Å². The predicted molar refractivity (Wildman–Crippen MR) is 65.5 cm³/mol. The Hall–Kier alpha value is -1.83. The first-order chi connectivity index (χ1) is 9.38. The van der Waals surface area contributed by atoms with E-state index in [0.29, 0.717) is 26.2 Å². The molecule has 110 valence electrons. The van der Waals surface area contributed by atoms with Crippen LogP contribution < -0.4 is 4.90 Å². The Morgan fingerprint density at radius 2 is 1.95 bits per heavy atom. The Morgan fingerprint density at radius 3 is 2.50 bits per heavy atom. The number of hydrogen-bond donors (Lipinski definition) is 1. The maximum Gasteiger partial charge on any atom is 0.419 e. The van der Waals surface area contributed by atoms with Crippen molar-refractivity contribution in [1.82, 2.24) is 9.88 Å². The first kappa shape index (κ1) is 14.6. The van der Waals surface area contributed by atoms with E-state index in [1.165, 1.54) is 12.3 Å². The van der Waals surface area contributed by atoms with Crippen molar-refractivity contribution in [2.45, 2.75) is 6.18 Å². The van der Waals surface area contributed by atoms with E-state index in [2.05, 4.69) is 4.98 Å². The van der Waals surface area contributed by atoms with Gasteiger partial charge in [-0.3, -0.25) is 9.69 Å². The zero-order chi connectivity index (χ0) is 14.8. The SMILES string of the molecule is O=C(O)CN1CCN(c2ncccc2C(F)(F)F)CC1. The molecular formula is C12H14F3N3O2. The Morgan fingerprint density at radius 1 is 1.30 bits per heavy atom. The van der Waals surface area contributed by atoms with Gasteiger partial charge in [-0.15, -0.1) is 0 Å². The summed E-state index contributed by atoms with van der Waals surface area (Å²) in [4.78, 5) is 17.6. The van der Waals surface area contributed by atoms with Gasteiger partial charge in [-0.05, 0) is 12.1 Å². The highest BCUT2D eigenvalue weighted by molar-refractivity contribution is 5.69. The van der Waals surface area contributed by atoms with Gasteiger partial charge in [-0.25, -0.2) is 4.98 Å². The van der Waals surface area contributed by atoms with Crippen LogP contribution >= 0.6 is 0 Å². The first-order valence-electron chi connectivity index (χ1n) is 6.09. The van der Waals surface area contributed by atoms with E-state index in [1.807, 2.05) is 0 Å². The monoisotopic (exact) mass is 289 g/mol. The average molecular weight is 289 g/mol. The van der Waals surface area contributed by atoms with Gasteiger partial charge >= 0.3 is 12.1 Å². The van der Waals surface area contributed by atoms with Crippen molar-refractivity contribution in [2.24, 2.45) is 0 Å². The van der Waals surface area contributed by atoms with Gasteiger partial charge in [0.05, 0.1) is 12.1 Å². The fourth-order valence-corrected chi connectivity index (χ4v) is 2.18. The van der Waals surface area contributed by atoms with Gasteiger partial charge in [0.25, 0.3) is 0 Å². The first-order valence-corrected chi connectivity index (χ1v) is 6.09. The summed E-state index contributed by atoms with van der Waals surface area (Å²) < 4.78 is 38.7. The third-order valence-corrected chi connectivity index (χ3v) is 3.12. The number of alkyl halides is 3. The van der Waals surface area contributed by atoms with Gasteiger partial charge in [-0.2, -0.15) is 13.2 Å². The molecule has 0 atom stereocenters. The molecule has 5 nitrogen and oxygen atoms in total. The highest BCUT2D eigenvalue weighted by Gasteiger charge is 2.36. The lowest BCUT2D eigenvalue weighted by Crippen LogP contribution is -2.48. The van der Waals surface area contributed by atoms with Crippen molar-refractivity contribution in [3.05, 3.63) is 23.9 Å². The Bertz CT molecular complexity index is 485. The maximum atomic E-state index is 12.9. The van der Waals surface area contributed by atoms with Crippen LogP contribution in [-0.4, -0.2) is 53.7 Å². The van der Waals surface area contributed by atoms with Crippen LogP contribution in [0.5, 0.6) is 0 Å². The van der Waals surface area contributed by atoms with Crippen molar-refractivity contribution in [2.75, 3.05) is 37.6 Å². The molecule has 1 aliphatic heterocycles. The molecule has 8 heteroatoms. The van der Waals surface area contributed by atoms with Crippen molar-refractivity contribution in [3.8, 4) is 0 Å². The summed E-state index contributed by atoms with van der Waals surface area (Å²) in [7, 11) is 0. The number of carboxylic acid groups (broad SMARTS) is 1. The number of aromatic nitrogens is 1. The summed E-state index contributed by atoms with van der Waals surface area (Å²) in [6.45, 7) is 1.36. The van der Waals surface area contributed by atoms with E-state index in [9.17, 15) is 18.0 Å². The second-order valence-electron chi connectivity index (χ2n) is 4.53. The van der Waals surface area contributed by atoms with Crippen molar-refractivity contribution < 1.29 is 23.1 Å². The van der Waals surface area contributed by atoms with Crippen molar-refractivity contribution in [3.63, 3.8) is 0 Å². The third-order valence-electron chi connectivity index (χ3n) is 3.12. The lowest BCUT2D eigenvalue weighted by molar-refractivity contribution is -0.138. The average Bonchev–Trinajstić information content (AvgIpc) is 2.38. The Labute approximate surface area is 113 Å². The molecule has 0 spiro atoms. The molecule has 1 aromatic rings. The molecule has 0 aliphatic carbocycles. The quantitative estimate of drug-likeness (QED) is 0.909. The van der Waals surface area contributed by atoms with E-state index in [4.69, 9.17) is 5.11 Å². The van der Waals surface area contributed by atoms with E-state index in [1.54, 1.807) is 9.80 Å². The standard InChI is InChI=1S/C12H14F3N3O2/c13-12(14,15)9-2-1-3-16-11(9)18-6-4-17(5-7-18)8-10(19)20/h1-3H,4-8H2,(H,19,20). The predicted octanol–water partition coefficient (Wildman–Crippen LogP) is 1.31. The van der Waals surface area contributed by atoms with E-state index < -0.39 is 17.7 Å². The number of hydrogen-bond acceptors (Lipinski definition) is 4. The lowest BCUT2D eigenvalue weighted by atomic mass is 10.2. The number of halogens is 3. The van der Waals surface area contributed by atoms with Crippen molar-refractivity contribution >= 4 is 11.8 Å². The zero-order valence-corrected chi connectivity index (χ0v) is 10.6. The second kappa shape index (κ2) is 5.66. The lowest BCUT2D eigenvalue weighted by Gasteiger charge is -2.35. The summed E-state index contributed by atoms with van der Waals surface area (Å²) in [5.41, 5.74) is -0.758. The molecule has 20 heavy (non-hydrogen) atoms. The largest absolute Gasteiger partial charge is 0.480 e. The molecule has 0 aromatic carbocycles. The molecular weight excluding hydrogens is 275 g/mol. The molecule has 1 aliphatic rings. The fraction of sp³-hybridized carbons (Fsp3) is 0.500. The Kier molecular flexibility index (Phi) is 4.12. The zero-order valence-electron chi connectivity index (χ0n) is 10.6. The molecule has 1 aromatic heterocycles. The number of aliphatic carboxylic acids is 1. The number of carbonyl (C=O) groups is 1. The van der Waals surface area contributed by atoms with Gasteiger partial charge < -0.3 is 10.0 Å². The van der Waals surface area contributed by atoms with Crippen LogP contribution in [-0.2, 0) is 11.0 Å². The third kappa shape index (κ3) is 3.38. The maximum absolute atomic E-state index is 12.9. The fourth-order valence-electron chi connectivity index (χ4n) is 2.18. The molecule has 1 N–H and O–H groups in total. The number of nitrogens with zero attached hydrogens (tertiary/aromatic N) is 3. The summed E-state index contributed by atoms with van der Waals surface area (Å²) in [6.07, 6.45) is -3.12. The normalized spacial score (nSPS) is 17.2. The number of piperazine rings is 1. The molecule has 0 radical (unpaired) electrons. The number of rotatable bonds is 3. The van der Waals surface area contributed by atoms with Gasteiger partial charge in [-0.1, -0.05) is 0 Å². The molecule has 0 bridgehead atoms. The summed E-state index contributed by atoms with van der Waals surface area (Å²) in [6, 6.07) is 2.26.